The van der Waals surface area contributed by atoms with Crippen molar-refractivity contribution in [3.63, 3.8) is 0 Å². The monoisotopic (exact) mass is 253 g/mol. The molecule has 0 aliphatic heterocycles. The predicted molar refractivity (Wildman–Crippen MR) is 71.6 cm³/mol. The topological polar surface area (TPSA) is 57.4 Å². The number of carbonyl (C=O) groups is 1. The Morgan fingerprint density at radius 2 is 2.28 bits per heavy atom. The fourth-order valence-corrected chi connectivity index (χ4v) is 1.68. The molecule has 1 aromatic heterocycles. The van der Waals surface area contributed by atoms with Crippen LogP contribution in [0, 0.1) is 0 Å². The van der Waals surface area contributed by atoms with E-state index in [-0.39, 0.29) is 5.97 Å². The van der Waals surface area contributed by atoms with Gasteiger partial charge in [-0.05, 0) is 40.1 Å². The van der Waals surface area contributed by atoms with Crippen molar-refractivity contribution in [3.05, 3.63) is 23.5 Å². The minimum Gasteiger partial charge on any atom is -0.465 e. The van der Waals surface area contributed by atoms with Gasteiger partial charge in [-0.2, -0.15) is 0 Å². The summed E-state index contributed by atoms with van der Waals surface area (Å²) >= 11 is 0. The van der Waals surface area contributed by atoms with Crippen molar-refractivity contribution in [3.8, 4) is 0 Å². The molecule has 1 atom stereocenters. The third-order valence-electron chi connectivity index (χ3n) is 2.87. The smallest absolute Gasteiger partial charge is 0.339 e. The maximum atomic E-state index is 11.5. The summed E-state index contributed by atoms with van der Waals surface area (Å²) in [7, 11) is 5.52. The molecule has 0 saturated heterocycles. The molecule has 0 saturated carbocycles. The Kier molecular flexibility index (Phi) is 5.88. The van der Waals surface area contributed by atoms with Crippen LogP contribution in [0.15, 0.2) is 12.3 Å². The van der Waals surface area contributed by atoms with E-state index in [4.69, 9.17) is 4.74 Å². The van der Waals surface area contributed by atoms with E-state index in [0.29, 0.717) is 18.2 Å². The molecule has 0 bridgehead atoms. The predicted octanol–water partition coefficient (Wildman–Crippen LogP) is 1.23. The van der Waals surface area contributed by atoms with Gasteiger partial charge in [-0.15, -0.1) is 0 Å². The molecule has 0 aliphatic carbocycles. The standard InChI is InChI=1S/C13H23N3O2/c1-10(6-8-16(2)3)15-9-12-11(5-7-14-12)13(17)18-4/h5,7,10,14-15H,6,8-9H2,1-4H3. The number of H-pyrrole nitrogens is 1. The van der Waals surface area contributed by atoms with E-state index in [1.807, 2.05) is 0 Å². The van der Waals surface area contributed by atoms with Gasteiger partial charge in [0.15, 0.2) is 0 Å². The highest BCUT2D eigenvalue weighted by atomic mass is 16.5. The second kappa shape index (κ2) is 7.18. The van der Waals surface area contributed by atoms with Crippen LogP contribution in [0.25, 0.3) is 0 Å². The van der Waals surface area contributed by atoms with Gasteiger partial charge < -0.3 is 19.9 Å². The molecule has 1 rings (SSSR count). The van der Waals surface area contributed by atoms with Gasteiger partial charge in [0.25, 0.3) is 0 Å². The van der Waals surface area contributed by atoms with Crippen LogP contribution >= 0.6 is 0 Å². The first kappa shape index (κ1) is 14.7. The molecule has 1 aromatic rings. The van der Waals surface area contributed by atoms with E-state index in [2.05, 4.69) is 36.2 Å². The Hall–Kier alpha value is -1.33. The molecule has 102 valence electrons. The lowest BCUT2D eigenvalue weighted by Crippen LogP contribution is -2.30. The lowest BCUT2D eigenvalue weighted by Gasteiger charge is -2.16. The molecule has 0 aliphatic rings. The Morgan fingerprint density at radius 3 is 2.89 bits per heavy atom. The van der Waals surface area contributed by atoms with E-state index >= 15 is 0 Å². The van der Waals surface area contributed by atoms with Crippen molar-refractivity contribution in [2.24, 2.45) is 0 Å². The molecule has 0 spiro atoms. The van der Waals surface area contributed by atoms with Crippen molar-refractivity contribution in [2.45, 2.75) is 25.9 Å². The van der Waals surface area contributed by atoms with Crippen LogP contribution in [-0.2, 0) is 11.3 Å². The number of aromatic nitrogens is 1. The number of nitrogens with one attached hydrogen (secondary N) is 2. The van der Waals surface area contributed by atoms with Crippen molar-refractivity contribution < 1.29 is 9.53 Å². The Balaban J connectivity index is 2.43. The van der Waals surface area contributed by atoms with Gasteiger partial charge in [0.2, 0.25) is 0 Å². The number of hydrogen-bond donors (Lipinski definition) is 2. The van der Waals surface area contributed by atoms with Gasteiger partial charge in [0.05, 0.1) is 12.7 Å². The molecule has 5 heteroatoms. The third kappa shape index (κ3) is 4.50. The van der Waals surface area contributed by atoms with Crippen molar-refractivity contribution in [2.75, 3.05) is 27.7 Å². The summed E-state index contributed by atoms with van der Waals surface area (Å²) in [5.74, 6) is -0.297. The van der Waals surface area contributed by atoms with Gasteiger partial charge in [0.1, 0.15) is 0 Å². The Bertz CT molecular complexity index is 374. The van der Waals surface area contributed by atoms with Crippen LogP contribution in [0.3, 0.4) is 0 Å². The zero-order valence-electron chi connectivity index (χ0n) is 11.6. The van der Waals surface area contributed by atoms with Gasteiger partial charge in [-0.1, -0.05) is 0 Å². The highest BCUT2D eigenvalue weighted by Crippen LogP contribution is 2.08. The first-order valence-electron chi connectivity index (χ1n) is 6.17. The van der Waals surface area contributed by atoms with Crippen molar-refractivity contribution >= 4 is 5.97 Å². The maximum absolute atomic E-state index is 11.5. The highest BCUT2D eigenvalue weighted by molar-refractivity contribution is 5.90. The normalized spacial score (nSPS) is 12.7. The molecule has 1 heterocycles. The number of carbonyl (C=O) groups excluding carboxylic acids is 1. The third-order valence-corrected chi connectivity index (χ3v) is 2.87. The van der Waals surface area contributed by atoms with Crippen LogP contribution in [0.5, 0.6) is 0 Å². The number of methoxy groups -OCH3 is 1. The zero-order valence-corrected chi connectivity index (χ0v) is 11.6. The van der Waals surface area contributed by atoms with Crippen LogP contribution in [0.4, 0.5) is 0 Å². The Labute approximate surface area is 109 Å². The molecular weight excluding hydrogens is 230 g/mol. The number of nitrogens with zero attached hydrogens (tertiary/aromatic N) is 1. The van der Waals surface area contributed by atoms with E-state index in [0.717, 1.165) is 18.7 Å². The largest absolute Gasteiger partial charge is 0.465 e. The van der Waals surface area contributed by atoms with Crippen LogP contribution in [0.1, 0.15) is 29.4 Å². The number of esters is 1. The van der Waals surface area contributed by atoms with E-state index in [1.54, 1.807) is 12.3 Å². The molecule has 2 N–H and O–H groups in total. The fraction of sp³-hybridized carbons (Fsp3) is 0.615. The van der Waals surface area contributed by atoms with Crippen molar-refractivity contribution in [1.82, 2.24) is 15.2 Å². The van der Waals surface area contributed by atoms with Crippen LogP contribution in [-0.4, -0.2) is 49.6 Å². The first-order valence-corrected chi connectivity index (χ1v) is 6.17. The van der Waals surface area contributed by atoms with E-state index in [9.17, 15) is 4.79 Å². The summed E-state index contributed by atoms with van der Waals surface area (Å²) in [5.41, 5.74) is 1.48. The lowest BCUT2D eigenvalue weighted by atomic mass is 10.2. The van der Waals surface area contributed by atoms with Crippen molar-refractivity contribution in [1.29, 1.82) is 0 Å². The average molecular weight is 253 g/mol. The minimum atomic E-state index is -0.297. The molecule has 0 aromatic carbocycles. The molecular formula is C13H23N3O2. The van der Waals surface area contributed by atoms with Gasteiger partial charge in [0, 0.05) is 24.5 Å². The van der Waals surface area contributed by atoms with Gasteiger partial charge in [-0.25, -0.2) is 4.79 Å². The molecule has 5 nitrogen and oxygen atoms in total. The lowest BCUT2D eigenvalue weighted by molar-refractivity contribution is 0.0599. The van der Waals surface area contributed by atoms with E-state index in [1.165, 1.54) is 7.11 Å². The second-order valence-corrected chi connectivity index (χ2v) is 4.74. The number of ether oxygens (including phenoxy) is 1. The molecule has 0 radical (unpaired) electrons. The molecule has 0 fully saturated rings. The minimum absolute atomic E-state index is 0.297. The van der Waals surface area contributed by atoms with Gasteiger partial charge >= 0.3 is 5.97 Å². The number of aromatic amines is 1. The Morgan fingerprint density at radius 1 is 1.56 bits per heavy atom. The summed E-state index contributed by atoms with van der Waals surface area (Å²) in [6, 6.07) is 2.15. The van der Waals surface area contributed by atoms with Crippen LogP contribution < -0.4 is 5.32 Å². The number of hydrogen-bond acceptors (Lipinski definition) is 4. The second-order valence-electron chi connectivity index (χ2n) is 4.74. The average Bonchev–Trinajstić information content (AvgIpc) is 2.81. The molecule has 0 amide bonds. The summed E-state index contributed by atoms with van der Waals surface area (Å²) in [6.07, 6.45) is 2.83. The maximum Gasteiger partial charge on any atom is 0.339 e. The summed E-state index contributed by atoms with van der Waals surface area (Å²) in [6.45, 7) is 3.83. The summed E-state index contributed by atoms with van der Waals surface area (Å²) < 4.78 is 4.73. The van der Waals surface area contributed by atoms with E-state index < -0.39 is 0 Å². The first-order chi connectivity index (χ1) is 8.54. The summed E-state index contributed by atoms with van der Waals surface area (Å²) in [4.78, 5) is 16.7. The number of rotatable bonds is 7. The molecule has 1 unspecified atom stereocenters. The summed E-state index contributed by atoms with van der Waals surface area (Å²) in [5, 5.41) is 3.39. The molecule has 18 heavy (non-hydrogen) atoms. The SMILES string of the molecule is COC(=O)c1cc[nH]c1CNC(C)CCN(C)C. The van der Waals surface area contributed by atoms with Crippen LogP contribution in [0.2, 0.25) is 0 Å². The quantitative estimate of drug-likeness (QED) is 0.718. The fourth-order valence-electron chi connectivity index (χ4n) is 1.68. The van der Waals surface area contributed by atoms with Gasteiger partial charge in [-0.3, -0.25) is 0 Å². The highest BCUT2D eigenvalue weighted by Gasteiger charge is 2.13. The zero-order chi connectivity index (χ0) is 13.5.